The van der Waals surface area contributed by atoms with Crippen LogP contribution in [0.4, 0.5) is 0 Å². The van der Waals surface area contributed by atoms with E-state index in [9.17, 15) is 9.59 Å². The Hall–Kier alpha value is -2.36. The standard InChI is InChI=1S/C15H16O5/c1-5-11-8-13(10(2)9-16)20-15(17)14(11)12(19-4)6-7-18-3/h5-6,8H,1,7H2,2-4H3/b12-6+. The Kier molecular flexibility index (Phi) is 5.72. The molecular weight excluding hydrogens is 260 g/mol. The zero-order valence-electron chi connectivity index (χ0n) is 11.7. The minimum Gasteiger partial charge on any atom is -0.496 e. The van der Waals surface area contributed by atoms with Gasteiger partial charge in [0.1, 0.15) is 23.0 Å². The van der Waals surface area contributed by atoms with Gasteiger partial charge in [-0.3, -0.25) is 0 Å². The Morgan fingerprint density at radius 3 is 2.70 bits per heavy atom. The number of hydrogen-bond donors (Lipinski definition) is 0. The minimum absolute atomic E-state index is 0.158. The van der Waals surface area contributed by atoms with E-state index >= 15 is 0 Å². The summed E-state index contributed by atoms with van der Waals surface area (Å²) in [5.41, 5.74) is 0.338. The van der Waals surface area contributed by atoms with E-state index in [1.165, 1.54) is 27.2 Å². The van der Waals surface area contributed by atoms with Crippen molar-refractivity contribution in [2.75, 3.05) is 20.8 Å². The van der Waals surface area contributed by atoms with Gasteiger partial charge < -0.3 is 13.9 Å². The zero-order valence-corrected chi connectivity index (χ0v) is 11.7. The molecule has 5 nitrogen and oxygen atoms in total. The lowest BCUT2D eigenvalue weighted by Crippen LogP contribution is -2.12. The third-order valence-corrected chi connectivity index (χ3v) is 2.63. The van der Waals surface area contributed by atoms with Gasteiger partial charge in [0.05, 0.1) is 19.3 Å². The van der Waals surface area contributed by atoms with Gasteiger partial charge in [-0.2, -0.15) is 0 Å². The SMILES string of the molecule is C=Cc1cc(C(C)=C=O)oc(=O)c1/C(=C\COC)OC. The average molecular weight is 276 g/mol. The zero-order chi connectivity index (χ0) is 15.1. The predicted molar refractivity (Wildman–Crippen MR) is 76.7 cm³/mol. The fourth-order valence-electron chi connectivity index (χ4n) is 1.60. The average Bonchev–Trinajstić information content (AvgIpc) is 2.47. The molecule has 0 spiro atoms. The summed E-state index contributed by atoms with van der Waals surface area (Å²) in [5.74, 6) is 2.18. The van der Waals surface area contributed by atoms with E-state index in [0.29, 0.717) is 11.3 Å². The maximum Gasteiger partial charge on any atom is 0.347 e. The molecule has 5 heteroatoms. The van der Waals surface area contributed by atoms with Gasteiger partial charge in [-0.15, -0.1) is 0 Å². The second-order valence-corrected chi connectivity index (χ2v) is 3.89. The molecular formula is C15H16O5. The van der Waals surface area contributed by atoms with Crippen LogP contribution in [0.3, 0.4) is 0 Å². The van der Waals surface area contributed by atoms with Crippen LogP contribution in [0.25, 0.3) is 17.4 Å². The molecule has 0 N–H and O–H groups in total. The van der Waals surface area contributed by atoms with Crippen LogP contribution in [0, 0.1) is 0 Å². The van der Waals surface area contributed by atoms with Crippen molar-refractivity contribution in [3.8, 4) is 0 Å². The highest BCUT2D eigenvalue weighted by atomic mass is 16.5. The smallest absolute Gasteiger partial charge is 0.347 e. The number of ether oxygens (including phenoxy) is 2. The van der Waals surface area contributed by atoms with Crippen LogP contribution in [-0.4, -0.2) is 26.8 Å². The van der Waals surface area contributed by atoms with Crippen molar-refractivity contribution in [3.05, 3.63) is 46.0 Å². The molecule has 0 aliphatic heterocycles. The van der Waals surface area contributed by atoms with Crippen LogP contribution in [0.5, 0.6) is 0 Å². The maximum absolute atomic E-state index is 12.1. The van der Waals surface area contributed by atoms with E-state index in [1.807, 2.05) is 0 Å². The quantitative estimate of drug-likeness (QED) is 0.588. The predicted octanol–water partition coefficient (Wildman–Crippen LogP) is 2.15. The molecule has 0 unspecified atom stereocenters. The molecule has 1 aromatic rings. The largest absolute Gasteiger partial charge is 0.496 e. The maximum atomic E-state index is 12.1. The summed E-state index contributed by atoms with van der Waals surface area (Å²) in [5, 5.41) is 0. The van der Waals surface area contributed by atoms with Gasteiger partial charge in [0.25, 0.3) is 0 Å². The lowest BCUT2D eigenvalue weighted by Gasteiger charge is -2.09. The summed E-state index contributed by atoms with van der Waals surface area (Å²) < 4.78 is 15.2. The molecule has 0 bridgehead atoms. The third kappa shape index (κ3) is 3.35. The van der Waals surface area contributed by atoms with Gasteiger partial charge in [-0.1, -0.05) is 12.7 Å². The van der Waals surface area contributed by atoms with Crippen LogP contribution in [0.1, 0.15) is 23.8 Å². The van der Waals surface area contributed by atoms with E-state index < -0.39 is 5.63 Å². The van der Waals surface area contributed by atoms with Crippen LogP contribution >= 0.6 is 0 Å². The van der Waals surface area contributed by atoms with E-state index in [2.05, 4.69) is 6.58 Å². The van der Waals surface area contributed by atoms with Gasteiger partial charge in [-0.05, 0) is 24.6 Å². The number of methoxy groups -OCH3 is 2. The molecule has 0 radical (unpaired) electrons. The highest BCUT2D eigenvalue weighted by Crippen LogP contribution is 2.21. The van der Waals surface area contributed by atoms with Crippen LogP contribution in [0.2, 0.25) is 0 Å². The Bertz CT molecular complexity index is 630. The molecule has 0 saturated carbocycles. The summed E-state index contributed by atoms with van der Waals surface area (Å²) in [6, 6.07) is 1.55. The Balaban J connectivity index is 3.52. The lowest BCUT2D eigenvalue weighted by molar-refractivity contribution is 0.231. The first-order valence-electron chi connectivity index (χ1n) is 5.85. The molecule has 0 atom stereocenters. The fourth-order valence-corrected chi connectivity index (χ4v) is 1.60. The fraction of sp³-hybridized carbons (Fsp3) is 0.267. The van der Waals surface area contributed by atoms with Crippen LogP contribution in [-0.2, 0) is 14.3 Å². The van der Waals surface area contributed by atoms with Crippen molar-refractivity contribution in [2.45, 2.75) is 6.92 Å². The molecule has 0 amide bonds. The summed E-state index contributed by atoms with van der Waals surface area (Å²) in [6.07, 6.45) is 3.11. The Morgan fingerprint density at radius 1 is 1.50 bits per heavy atom. The van der Waals surface area contributed by atoms with Gasteiger partial charge in [0.15, 0.2) is 0 Å². The van der Waals surface area contributed by atoms with E-state index in [-0.39, 0.29) is 23.5 Å². The highest BCUT2D eigenvalue weighted by molar-refractivity contribution is 5.85. The molecule has 20 heavy (non-hydrogen) atoms. The van der Waals surface area contributed by atoms with Gasteiger partial charge >= 0.3 is 5.63 Å². The first kappa shape index (κ1) is 15.7. The van der Waals surface area contributed by atoms with Crippen molar-refractivity contribution in [1.82, 2.24) is 0 Å². The first-order valence-corrected chi connectivity index (χ1v) is 5.85. The number of rotatable bonds is 6. The normalized spacial score (nSPS) is 10.8. The van der Waals surface area contributed by atoms with Crippen molar-refractivity contribution in [2.24, 2.45) is 0 Å². The van der Waals surface area contributed by atoms with E-state index in [4.69, 9.17) is 13.9 Å². The molecule has 1 aromatic heterocycles. The first-order chi connectivity index (χ1) is 9.58. The lowest BCUT2D eigenvalue weighted by atomic mass is 10.1. The third-order valence-electron chi connectivity index (χ3n) is 2.63. The molecule has 0 saturated heterocycles. The van der Waals surface area contributed by atoms with E-state index in [0.717, 1.165) is 0 Å². The molecule has 106 valence electrons. The molecule has 1 heterocycles. The van der Waals surface area contributed by atoms with Crippen molar-refractivity contribution in [3.63, 3.8) is 0 Å². The number of carbonyl (C=O) groups excluding carboxylic acids is 1. The minimum atomic E-state index is -0.615. The molecule has 0 aliphatic rings. The summed E-state index contributed by atoms with van der Waals surface area (Å²) in [6.45, 7) is 5.45. The number of hydrogen-bond acceptors (Lipinski definition) is 5. The summed E-state index contributed by atoms with van der Waals surface area (Å²) in [4.78, 5) is 22.7. The molecule has 1 rings (SSSR count). The second kappa shape index (κ2) is 7.28. The monoisotopic (exact) mass is 276 g/mol. The van der Waals surface area contributed by atoms with Crippen molar-refractivity contribution in [1.29, 1.82) is 0 Å². The van der Waals surface area contributed by atoms with Crippen molar-refractivity contribution >= 4 is 23.3 Å². The van der Waals surface area contributed by atoms with Crippen molar-refractivity contribution < 1.29 is 18.7 Å². The van der Waals surface area contributed by atoms with Crippen LogP contribution < -0.4 is 5.63 Å². The summed E-state index contributed by atoms with van der Waals surface area (Å²) >= 11 is 0. The summed E-state index contributed by atoms with van der Waals surface area (Å²) in [7, 11) is 2.97. The number of allylic oxidation sites excluding steroid dienone is 1. The van der Waals surface area contributed by atoms with E-state index in [1.54, 1.807) is 18.1 Å². The van der Waals surface area contributed by atoms with Gasteiger partial charge in [0, 0.05) is 7.11 Å². The molecule has 0 aliphatic carbocycles. The highest BCUT2D eigenvalue weighted by Gasteiger charge is 2.16. The Labute approximate surface area is 116 Å². The second-order valence-electron chi connectivity index (χ2n) is 3.89. The van der Waals surface area contributed by atoms with Crippen LogP contribution in [0.15, 0.2) is 27.9 Å². The molecule has 0 fully saturated rings. The molecule has 0 aromatic carbocycles. The topological polar surface area (TPSA) is 65.7 Å². The van der Waals surface area contributed by atoms with Gasteiger partial charge in [-0.25, -0.2) is 9.59 Å². The van der Waals surface area contributed by atoms with Gasteiger partial charge in [0.2, 0.25) is 0 Å². The Morgan fingerprint density at radius 2 is 2.20 bits per heavy atom.